The molecule has 0 aromatic heterocycles. The second-order valence-corrected chi connectivity index (χ2v) is 5.02. The second kappa shape index (κ2) is 5.40. The maximum atomic E-state index is 11.5. The Morgan fingerprint density at radius 1 is 1.44 bits per heavy atom. The van der Waals surface area contributed by atoms with E-state index in [0.29, 0.717) is 17.8 Å². The van der Waals surface area contributed by atoms with E-state index in [4.69, 9.17) is 4.74 Å². The molecule has 1 aromatic carbocycles. The van der Waals surface area contributed by atoms with Gasteiger partial charge in [0.15, 0.2) is 0 Å². The molecule has 1 atom stereocenters. The molecule has 0 spiro atoms. The summed E-state index contributed by atoms with van der Waals surface area (Å²) in [4.78, 5) is 13.6. The normalized spacial score (nSPS) is 16.4. The zero-order valence-electron chi connectivity index (χ0n) is 11.1. The highest BCUT2D eigenvalue weighted by Gasteiger charge is 2.24. The molecule has 1 saturated carbocycles. The number of ether oxygens (including phenoxy) is 1. The van der Waals surface area contributed by atoms with E-state index >= 15 is 0 Å². The fourth-order valence-electron chi connectivity index (χ4n) is 1.67. The van der Waals surface area contributed by atoms with Crippen LogP contribution in [0.3, 0.4) is 0 Å². The molecular formula is C14H20N2O2. The lowest BCUT2D eigenvalue weighted by molar-refractivity contribution is 0.200. The molecule has 4 nitrogen and oxygen atoms in total. The number of hydrogen-bond donors (Lipinski definition) is 1. The molecule has 18 heavy (non-hydrogen) atoms. The van der Waals surface area contributed by atoms with Crippen molar-refractivity contribution in [2.75, 3.05) is 14.1 Å². The predicted octanol–water partition coefficient (Wildman–Crippen LogP) is 2.56. The Bertz CT molecular complexity index is 428. The Morgan fingerprint density at radius 3 is 2.78 bits per heavy atom. The lowest BCUT2D eigenvalue weighted by Crippen LogP contribution is -2.28. The zero-order chi connectivity index (χ0) is 13.1. The summed E-state index contributed by atoms with van der Waals surface area (Å²) in [5.74, 6) is 0.597. The number of carbonyl (C=O) groups is 1. The summed E-state index contributed by atoms with van der Waals surface area (Å²) >= 11 is 0. The highest BCUT2D eigenvalue weighted by molar-refractivity contribution is 5.71. The smallest absolute Gasteiger partial charge is 0.410 e. The van der Waals surface area contributed by atoms with Gasteiger partial charge in [0, 0.05) is 12.1 Å². The van der Waals surface area contributed by atoms with Crippen molar-refractivity contribution in [3.63, 3.8) is 0 Å². The Balaban J connectivity index is 1.99. The molecule has 0 radical (unpaired) electrons. The molecule has 0 saturated heterocycles. The van der Waals surface area contributed by atoms with Crippen molar-refractivity contribution in [1.29, 1.82) is 0 Å². The largest absolute Gasteiger partial charge is 0.412 e. The minimum absolute atomic E-state index is 0.292. The fraction of sp³-hybridized carbons (Fsp3) is 0.500. The summed E-state index contributed by atoms with van der Waals surface area (Å²) in [7, 11) is 4.05. The summed E-state index contributed by atoms with van der Waals surface area (Å²) in [6, 6.07) is 8.28. The first kappa shape index (κ1) is 12.9. The van der Waals surface area contributed by atoms with Gasteiger partial charge in [-0.2, -0.15) is 0 Å². The Morgan fingerprint density at radius 2 is 2.17 bits per heavy atom. The van der Waals surface area contributed by atoms with Gasteiger partial charge in [-0.3, -0.25) is 0 Å². The van der Waals surface area contributed by atoms with Crippen molar-refractivity contribution in [3.05, 3.63) is 29.8 Å². The van der Waals surface area contributed by atoms with Crippen molar-refractivity contribution in [2.24, 2.45) is 0 Å². The minimum atomic E-state index is -0.354. The maximum absolute atomic E-state index is 11.5. The van der Waals surface area contributed by atoms with Crippen LogP contribution in [0, 0.1) is 0 Å². The number of amides is 1. The van der Waals surface area contributed by atoms with Crippen LogP contribution in [0.25, 0.3) is 0 Å². The Hall–Kier alpha value is -1.55. The molecule has 1 fully saturated rings. The Kier molecular flexibility index (Phi) is 3.87. The van der Waals surface area contributed by atoms with Crippen molar-refractivity contribution in [1.82, 2.24) is 10.2 Å². The van der Waals surface area contributed by atoms with Crippen LogP contribution in [0.4, 0.5) is 4.79 Å². The first-order valence-corrected chi connectivity index (χ1v) is 6.31. The van der Waals surface area contributed by atoms with Crippen LogP contribution < -0.4 is 10.1 Å². The molecule has 1 aliphatic carbocycles. The van der Waals surface area contributed by atoms with Gasteiger partial charge in [0.2, 0.25) is 0 Å². The second-order valence-electron chi connectivity index (χ2n) is 5.02. The lowest BCUT2D eigenvalue weighted by Gasteiger charge is -2.20. The number of benzene rings is 1. The number of nitrogens with one attached hydrogen (secondary N) is 1. The van der Waals surface area contributed by atoms with Crippen LogP contribution in [0.1, 0.15) is 31.4 Å². The van der Waals surface area contributed by atoms with E-state index in [9.17, 15) is 4.79 Å². The van der Waals surface area contributed by atoms with Gasteiger partial charge in [0.25, 0.3) is 0 Å². The SMILES string of the molecule is C[C@@H](c1cccc(OC(=O)NC2CC2)c1)N(C)C. The molecule has 1 N–H and O–H groups in total. The molecule has 0 heterocycles. The van der Waals surface area contributed by atoms with Crippen molar-refractivity contribution in [3.8, 4) is 5.75 Å². The van der Waals surface area contributed by atoms with Gasteiger partial charge < -0.3 is 15.0 Å². The van der Waals surface area contributed by atoms with E-state index in [-0.39, 0.29) is 6.09 Å². The average Bonchev–Trinajstić information content (AvgIpc) is 3.12. The third kappa shape index (κ3) is 3.47. The van der Waals surface area contributed by atoms with E-state index in [1.807, 2.05) is 32.3 Å². The summed E-state index contributed by atoms with van der Waals surface area (Å²) in [6.07, 6.45) is 1.77. The standard InChI is InChI=1S/C14H20N2O2/c1-10(16(2)3)11-5-4-6-13(9-11)18-14(17)15-12-7-8-12/h4-6,9-10,12H,7-8H2,1-3H3,(H,15,17)/t10-/m0/s1. The lowest BCUT2D eigenvalue weighted by atomic mass is 10.1. The highest BCUT2D eigenvalue weighted by atomic mass is 16.6. The average molecular weight is 248 g/mol. The third-order valence-corrected chi connectivity index (χ3v) is 3.22. The van der Waals surface area contributed by atoms with Crippen molar-refractivity contribution in [2.45, 2.75) is 31.8 Å². The van der Waals surface area contributed by atoms with Gasteiger partial charge >= 0.3 is 6.09 Å². The van der Waals surface area contributed by atoms with Gasteiger partial charge in [-0.1, -0.05) is 12.1 Å². The number of nitrogens with zero attached hydrogens (tertiary/aromatic N) is 1. The van der Waals surface area contributed by atoms with Gasteiger partial charge in [-0.05, 0) is 51.6 Å². The van der Waals surface area contributed by atoms with Gasteiger partial charge in [0.05, 0.1) is 0 Å². The highest BCUT2D eigenvalue weighted by Crippen LogP contribution is 2.23. The Labute approximate surface area is 108 Å². The van der Waals surface area contributed by atoms with E-state index in [0.717, 1.165) is 18.4 Å². The third-order valence-electron chi connectivity index (χ3n) is 3.22. The van der Waals surface area contributed by atoms with Crippen molar-refractivity contribution >= 4 is 6.09 Å². The topological polar surface area (TPSA) is 41.6 Å². The summed E-state index contributed by atoms with van der Waals surface area (Å²) in [5.41, 5.74) is 1.14. The van der Waals surface area contributed by atoms with Crippen LogP contribution in [0.5, 0.6) is 5.75 Å². The molecule has 0 bridgehead atoms. The zero-order valence-corrected chi connectivity index (χ0v) is 11.1. The number of carbonyl (C=O) groups excluding carboxylic acids is 1. The van der Waals surface area contributed by atoms with E-state index < -0.39 is 0 Å². The minimum Gasteiger partial charge on any atom is -0.410 e. The van der Waals surface area contributed by atoms with Crippen LogP contribution in [-0.4, -0.2) is 31.1 Å². The molecule has 0 aliphatic heterocycles. The van der Waals surface area contributed by atoms with Crippen LogP contribution in [0.15, 0.2) is 24.3 Å². The molecular weight excluding hydrogens is 228 g/mol. The number of rotatable bonds is 4. The van der Waals surface area contributed by atoms with E-state index in [1.165, 1.54) is 0 Å². The van der Waals surface area contributed by atoms with Crippen LogP contribution >= 0.6 is 0 Å². The predicted molar refractivity (Wildman–Crippen MR) is 70.7 cm³/mol. The van der Waals surface area contributed by atoms with Gasteiger partial charge in [-0.15, -0.1) is 0 Å². The van der Waals surface area contributed by atoms with E-state index in [1.54, 1.807) is 6.07 Å². The molecule has 4 heteroatoms. The molecule has 2 rings (SSSR count). The quantitative estimate of drug-likeness (QED) is 0.890. The monoisotopic (exact) mass is 248 g/mol. The van der Waals surface area contributed by atoms with Crippen molar-refractivity contribution < 1.29 is 9.53 Å². The fourth-order valence-corrected chi connectivity index (χ4v) is 1.67. The maximum Gasteiger partial charge on any atom is 0.412 e. The van der Waals surface area contributed by atoms with Gasteiger partial charge in [-0.25, -0.2) is 4.79 Å². The first-order valence-electron chi connectivity index (χ1n) is 6.31. The van der Waals surface area contributed by atoms with Crippen LogP contribution in [-0.2, 0) is 0 Å². The van der Waals surface area contributed by atoms with Crippen LogP contribution in [0.2, 0.25) is 0 Å². The molecule has 98 valence electrons. The first-order chi connectivity index (χ1) is 8.56. The van der Waals surface area contributed by atoms with Gasteiger partial charge in [0.1, 0.15) is 5.75 Å². The summed E-state index contributed by atoms with van der Waals surface area (Å²) < 4.78 is 5.27. The van der Waals surface area contributed by atoms with E-state index in [2.05, 4.69) is 17.1 Å². The summed E-state index contributed by atoms with van der Waals surface area (Å²) in [5, 5.41) is 2.80. The molecule has 1 amide bonds. The molecule has 1 aliphatic rings. The number of hydrogen-bond acceptors (Lipinski definition) is 3. The summed E-state index contributed by atoms with van der Waals surface area (Å²) in [6.45, 7) is 2.11. The molecule has 0 unspecified atom stereocenters. The molecule has 1 aromatic rings.